The average molecular weight is 389 g/mol. The smallest absolute Gasteiger partial charge is 0.255 e. The lowest BCUT2D eigenvalue weighted by molar-refractivity contribution is 0.0679. The molecular formula is C20H23NO5S. The second-order valence-corrected chi connectivity index (χ2v) is 8.69. The molecule has 7 heteroatoms. The molecule has 0 aliphatic carbocycles. The minimum atomic E-state index is -3.35. The number of sulfone groups is 1. The van der Waals surface area contributed by atoms with Crippen LogP contribution in [0.3, 0.4) is 0 Å². The first kappa shape index (κ1) is 19.4. The third-order valence-electron chi connectivity index (χ3n) is 4.44. The van der Waals surface area contributed by atoms with Gasteiger partial charge in [0, 0.05) is 24.1 Å². The van der Waals surface area contributed by atoms with Crippen LogP contribution in [0.4, 0.5) is 5.69 Å². The predicted molar refractivity (Wildman–Crippen MR) is 103 cm³/mol. The fourth-order valence-electron chi connectivity index (χ4n) is 2.85. The van der Waals surface area contributed by atoms with Crippen molar-refractivity contribution >= 4 is 21.4 Å². The highest BCUT2D eigenvalue weighted by Gasteiger charge is 2.17. The number of benzene rings is 2. The van der Waals surface area contributed by atoms with E-state index >= 15 is 0 Å². The van der Waals surface area contributed by atoms with E-state index in [1.165, 1.54) is 12.1 Å². The SMILES string of the molecule is Cc1ccc(S(C)(=O)=O)cc1NC(=O)c1cccc(OCC2CCCO2)c1. The molecule has 1 aliphatic rings. The Morgan fingerprint density at radius 3 is 2.78 bits per heavy atom. The molecule has 0 saturated carbocycles. The first-order chi connectivity index (χ1) is 12.8. The van der Waals surface area contributed by atoms with Crippen molar-refractivity contribution < 1.29 is 22.7 Å². The van der Waals surface area contributed by atoms with E-state index in [0.717, 1.165) is 31.3 Å². The number of anilines is 1. The Balaban J connectivity index is 1.71. The maximum Gasteiger partial charge on any atom is 0.255 e. The molecule has 1 heterocycles. The van der Waals surface area contributed by atoms with Crippen molar-refractivity contribution in [3.05, 3.63) is 53.6 Å². The number of carbonyl (C=O) groups excluding carboxylic acids is 1. The van der Waals surface area contributed by atoms with Crippen molar-refractivity contribution in [2.45, 2.75) is 30.8 Å². The van der Waals surface area contributed by atoms with Gasteiger partial charge in [-0.05, 0) is 55.7 Å². The Morgan fingerprint density at radius 2 is 2.07 bits per heavy atom. The van der Waals surface area contributed by atoms with Crippen LogP contribution >= 0.6 is 0 Å². The quantitative estimate of drug-likeness (QED) is 0.820. The number of carbonyl (C=O) groups is 1. The van der Waals surface area contributed by atoms with Gasteiger partial charge < -0.3 is 14.8 Å². The summed E-state index contributed by atoms with van der Waals surface area (Å²) in [6.07, 6.45) is 3.26. The standard InChI is InChI=1S/C20H23NO5S/c1-14-8-9-18(27(2,23)24)12-19(14)21-20(22)15-5-3-6-16(11-15)26-13-17-7-4-10-25-17/h3,5-6,8-9,11-12,17H,4,7,10,13H2,1-2H3,(H,21,22). The van der Waals surface area contributed by atoms with Gasteiger partial charge >= 0.3 is 0 Å². The van der Waals surface area contributed by atoms with Crippen LogP contribution in [0.2, 0.25) is 0 Å². The Morgan fingerprint density at radius 1 is 1.26 bits per heavy atom. The Labute approximate surface area is 159 Å². The Kier molecular flexibility index (Phi) is 5.82. The van der Waals surface area contributed by atoms with E-state index in [0.29, 0.717) is 23.6 Å². The molecular weight excluding hydrogens is 366 g/mol. The van der Waals surface area contributed by atoms with E-state index in [1.807, 2.05) is 6.92 Å². The van der Waals surface area contributed by atoms with E-state index in [4.69, 9.17) is 9.47 Å². The molecule has 1 fully saturated rings. The number of ether oxygens (including phenoxy) is 2. The Hall–Kier alpha value is -2.38. The lowest BCUT2D eigenvalue weighted by Crippen LogP contribution is -2.17. The molecule has 0 radical (unpaired) electrons. The van der Waals surface area contributed by atoms with Gasteiger partial charge in [-0.1, -0.05) is 12.1 Å². The van der Waals surface area contributed by atoms with Crippen LogP contribution in [0.5, 0.6) is 5.75 Å². The molecule has 6 nitrogen and oxygen atoms in total. The van der Waals surface area contributed by atoms with E-state index in [2.05, 4.69) is 5.32 Å². The molecule has 0 spiro atoms. The van der Waals surface area contributed by atoms with Crippen LogP contribution in [-0.2, 0) is 14.6 Å². The molecule has 0 bridgehead atoms. The average Bonchev–Trinajstić information content (AvgIpc) is 3.14. The molecule has 1 unspecified atom stereocenters. The molecule has 1 atom stereocenters. The van der Waals surface area contributed by atoms with Crippen LogP contribution in [0.15, 0.2) is 47.4 Å². The van der Waals surface area contributed by atoms with Gasteiger partial charge in [-0.25, -0.2) is 8.42 Å². The summed E-state index contributed by atoms with van der Waals surface area (Å²) in [7, 11) is -3.35. The zero-order valence-electron chi connectivity index (χ0n) is 15.4. The number of hydrogen-bond donors (Lipinski definition) is 1. The van der Waals surface area contributed by atoms with Crippen LogP contribution < -0.4 is 10.1 Å². The van der Waals surface area contributed by atoms with Gasteiger partial charge in [0.15, 0.2) is 9.84 Å². The summed E-state index contributed by atoms with van der Waals surface area (Å²) >= 11 is 0. The first-order valence-electron chi connectivity index (χ1n) is 8.79. The molecule has 1 aliphatic heterocycles. The number of hydrogen-bond acceptors (Lipinski definition) is 5. The zero-order chi connectivity index (χ0) is 19.4. The van der Waals surface area contributed by atoms with Crippen molar-refractivity contribution in [2.24, 2.45) is 0 Å². The van der Waals surface area contributed by atoms with E-state index in [1.54, 1.807) is 30.3 Å². The van der Waals surface area contributed by atoms with Crippen molar-refractivity contribution in [3.8, 4) is 5.75 Å². The van der Waals surface area contributed by atoms with Crippen molar-refractivity contribution in [1.82, 2.24) is 0 Å². The van der Waals surface area contributed by atoms with Crippen molar-refractivity contribution in [1.29, 1.82) is 0 Å². The fourth-order valence-corrected chi connectivity index (χ4v) is 3.50. The van der Waals surface area contributed by atoms with Gasteiger partial charge in [0.2, 0.25) is 0 Å². The summed E-state index contributed by atoms with van der Waals surface area (Å²) in [6.45, 7) is 3.03. The highest BCUT2D eigenvalue weighted by molar-refractivity contribution is 7.90. The third kappa shape index (κ3) is 5.08. The summed E-state index contributed by atoms with van der Waals surface area (Å²) in [5.41, 5.74) is 1.68. The van der Waals surface area contributed by atoms with E-state index in [-0.39, 0.29) is 16.9 Å². The molecule has 1 saturated heterocycles. The van der Waals surface area contributed by atoms with Crippen LogP contribution in [0, 0.1) is 6.92 Å². The van der Waals surface area contributed by atoms with Crippen molar-refractivity contribution in [2.75, 3.05) is 24.8 Å². The van der Waals surface area contributed by atoms with E-state index < -0.39 is 9.84 Å². The second-order valence-electron chi connectivity index (χ2n) is 6.68. The fraction of sp³-hybridized carbons (Fsp3) is 0.350. The second kappa shape index (κ2) is 8.10. The zero-order valence-corrected chi connectivity index (χ0v) is 16.2. The van der Waals surface area contributed by atoms with Crippen LogP contribution in [0.25, 0.3) is 0 Å². The van der Waals surface area contributed by atoms with Crippen LogP contribution in [0.1, 0.15) is 28.8 Å². The monoisotopic (exact) mass is 389 g/mol. The minimum Gasteiger partial charge on any atom is -0.491 e. The number of aryl methyl sites for hydroxylation is 1. The normalized spacial score (nSPS) is 16.9. The molecule has 144 valence electrons. The summed E-state index contributed by atoms with van der Waals surface area (Å²) in [4.78, 5) is 12.8. The minimum absolute atomic E-state index is 0.101. The lowest BCUT2D eigenvalue weighted by Gasteiger charge is -2.13. The Bertz CT molecular complexity index is 933. The van der Waals surface area contributed by atoms with Gasteiger partial charge in [-0.2, -0.15) is 0 Å². The van der Waals surface area contributed by atoms with E-state index in [9.17, 15) is 13.2 Å². The lowest BCUT2D eigenvalue weighted by atomic mass is 10.1. The highest BCUT2D eigenvalue weighted by Crippen LogP contribution is 2.22. The number of amides is 1. The molecule has 1 amide bonds. The largest absolute Gasteiger partial charge is 0.491 e. The highest BCUT2D eigenvalue weighted by atomic mass is 32.2. The number of rotatable bonds is 6. The third-order valence-corrected chi connectivity index (χ3v) is 5.55. The van der Waals surface area contributed by atoms with Crippen LogP contribution in [-0.4, -0.2) is 39.9 Å². The maximum absolute atomic E-state index is 12.6. The van der Waals surface area contributed by atoms with Gasteiger partial charge in [-0.3, -0.25) is 4.79 Å². The first-order valence-corrected chi connectivity index (χ1v) is 10.7. The molecule has 3 rings (SSSR count). The molecule has 2 aromatic carbocycles. The topological polar surface area (TPSA) is 81.7 Å². The van der Waals surface area contributed by atoms with Gasteiger partial charge in [0.05, 0.1) is 11.0 Å². The van der Waals surface area contributed by atoms with Gasteiger partial charge in [0.25, 0.3) is 5.91 Å². The molecule has 1 N–H and O–H groups in total. The maximum atomic E-state index is 12.6. The summed E-state index contributed by atoms with van der Waals surface area (Å²) < 4.78 is 34.7. The summed E-state index contributed by atoms with van der Waals surface area (Å²) in [6, 6.07) is 11.6. The molecule has 27 heavy (non-hydrogen) atoms. The summed E-state index contributed by atoms with van der Waals surface area (Å²) in [5.74, 6) is 0.270. The van der Waals surface area contributed by atoms with Gasteiger partial charge in [0.1, 0.15) is 12.4 Å². The number of nitrogens with one attached hydrogen (secondary N) is 1. The molecule has 2 aromatic rings. The predicted octanol–water partition coefficient (Wildman–Crippen LogP) is 3.21. The molecule has 0 aromatic heterocycles. The summed E-state index contributed by atoms with van der Waals surface area (Å²) in [5, 5.41) is 2.78. The van der Waals surface area contributed by atoms with Gasteiger partial charge in [-0.15, -0.1) is 0 Å². The van der Waals surface area contributed by atoms with Crippen molar-refractivity contribution in [3.63, 3.8) is 0 Å².